The van der Waals surface area contributed by atoms with Crippen molar-refractivity contribution in [1.29, 1.82) is 0 Å². The van der Waals surface area contributed by atoms with E-state index in [1.54, 1.807) is 0 Å². The number of likely N-dealkylation sites (tertiary alicyclic amines) is 1. The second-order valence-electron chi connectivity index (χ2n) is 7.26. The lowest BCUT2D eigenvalue weighted by Gasteiger charge is -2.33. The predicted octanol–water partition coefficient (Wildman–Crippen LogP) is 0.874. The largest absolute Gasteiger partial charge is 0.342 e. The number of carbonyl (C=O) groups excluding carboxylic acids is 1. The van der Waals surface area contributed by atoms with E-state index in [0.717, 1.165) is 62.3 Å². The number of aromatic amines is 1. The van der Waals surface area contributed by atoms with Crippen LogP contribution in [0.3, 0.4) is 0 Å². The van der Waals surface area contributed by atoms with Crippen LogP contribution >= 0.6 is 0 Å². The van der Waals surface area contributed by atoms with Crippen LogP contribution in [-0.2, 0) is 17.8 Å². The van der Waals surface area contributed by atoms with Gasteiger partial charge in [-0.3, -0.25) is 9.59 Å². The minimum atomic E-state index is 0.00203. The third kappa shape index (κ3) is 2.92. The fourth-order valence-electron chi connectivity index (χ4n) is 3.76. The van der Waals surface area contributed by atoms with Gasteiger partial charge in [-0.2, -0.15) is 0 Å². The fraction of sp³-hybridized carbons (Fsp3) is 0.706. The highest BCUT2D eigenvalue weighted by Gasteiger charge is 2.36. The zero-order valence-corrected chi connectivity index (χ0v) is 13.7. The number of hydrogen-bond acceptors (Lipinski definition) is 4. The van der Waals surface area contributed by atoms with Crippen molar-refractivity contribution in [3.8, 4) is 0 Å². The van der Waals surface area contributed by atoms with Crippen LogP contribution in [-0.4, -0.2) is 52.4 Å². The first kappa shape index (κ1) is 14.9. The monoisotopic (exact) mass is 316 g/mol. The zero-order chi connectivity index (χ0) is 16.0. The summed E-state index contributed by atoms with van der Waals surface area (Å²) in [6, 6.07) is 0. The lowest BCUT2D eigenvalue weighted by atomic mass is 9.96. The molecule has 1 saturated carbocycles. The molecule has 124 valence electrons. The molecule has 1 amide bonds. The molecule has 0 bridgehead atoms. The SMILES string of the molecule is CN1CCc2nc([C@@H]3CCCN(C(=O)C4CC4)C3)[nH]c(=O)c2C1. The highest BCUT2D eigenvalue weighted by Crippen LogP contribution is 2.33. The first-order valence-corrected chi connectivity index (χ1v) is 8.71. The van der Waals surface area contributed by atoms with Gasteiger partial charge in [0, 0.05) is 44.4 Å². The van der Waals surface area contributed by atoms with Crippen molar-refractivity contribution in [2.24, 2.45) is 5.92 Å². The molecule has 0 radical (unpaired) electrons. The number of amides is 1. The van der Waals surface area contributed by atoms with Gasteiger partial charge in [-0.15, -0.1) is 0 Å². The van der Waals surface area contributed by atoms with Crippen LogP contribution in [0.2, 0.25) is 0 Å². The Kier molecular flexibility index (Phi) is 3.71. The van der Waals surface area contributed by atoms with Crippen LogP contribution in [0, 0.1) is 5.92 Å². The van der Waals surface area contributed by atoms with E-state index in [2.05, 4.69) is 9.88 Å². The van der Waals surface area contributed by atoms with E-state index in [1.807, 2.05) is 11.9 Å². The summed E-state index contributed by atoms with van der Waals surface area (Å²) in [7, 11) is 2.03. The maximum Gasteiger partial charge on any atom is 0.255 e. The molecule has 2 fully saturated rings. The van der Waals surface area contributed by atoms with Crippen LogP contribution in [0.1, 0.15) is 48.7 Å². The van der Waals surface area contributed by atoms with Crippen molar-refractivity contribution in [2.45, 2.75) is 44.6 Å². The Morgan fingerprint density at radius 3 is 2.87 bits per heavy atom. The van der Waals surface area contributed by atoms with Crippen LogP contribution in [0.25, 0.3) is 0 Å². The summed E-state index contributed by atoms with van der Waals surface area (Å²) < 4.78 is 0. The highest BCUT2D eigenvalue weighted by atomic mass is 16.2. The first-order chi connectivity index (χ1) is 11.1. The molecule has 6 nitrogen and oxygen atoms in total. The van der Waals surface area contributed by atoms with Crippen molar-refractivity contribution in [1.82, 2.24) is 19.8 Å². The minimum Gasteiger partial charge on any atom is -0.342 e. The molecule has 1 aliphatic carbocycles. The Bertz CT molecular complexity index is 680. The van der Waals surface area contributed by atoms with Crippen molar-refractivity contribution >= 4 is 5.91 Å². The Labute approximate surface area is 135 Å². The van der Waals surface area contributed by atoms with E-state index >= 15 is 0 Å². The molecule has 3 heterocycles. The summed E-state index contributed by atoms with van der Waals surface area (Å²) in [5, 5.41) is 0. The van der Waals surface area contributed by atoms with Crippen LogP contribution < -0.4 is 5.56 Å². The number of aromatic nitrogens is 2. The second kappa shape index (κ2) is 5.74. The second-order valence-corrected chi connectivity index (χ2v) is 7.26. The Morgan fingerprint density at radius 1 is 1.26 bits per heavy atom. The molecule has 4 rings (SSSR count). The molecule has 1 atom stereocenters. The molecule has 1 N–H and O–H groups in total. The average molecular weight is 316 g/mol. The van der Waals surface area contributed by atoms with Gasteiger partial charge in [-0.1, -0.05) is 0 Å². The van der Waals surface area contributed by atoms with Crippen molar-refractivity contribution in [2.75, 3.05) is 26.7 Å². The third-order valence-electron chi connectivity index (χ3n) is 5.32. The standard InChI is InChI=1S/C17H24N4O2/c1-20-8-6-14-13(10-20)16(22)19-15(18-14)12-3-2-7-21(9-12)17(23)11-4-5-11/h11-12H,2-10H2,1H3,(H,18,19,22)/t12-/m1/s1. The van der Waals surface area contributed by atoms with Gasteiger partial charge < -0.3 is 14.8 Å². The molecule has 1 saturated heterocycles. The number of piperidine rings is 1. The number of rotatable bonds is 2. The summed E-state index contributed by atoms with van der Waals surface area (Å²) >= 11 is 0. The lowest BCUT2D eigenvalue weighted by Crippen LogP contribution is -2.41. The lowest BCUT2D eigenvalue weighted by molar-refractivity contribution is -0.133. The van der Waals surface area contributed by atoms with Crippen LogP contribution in [0.4, 0.5) is 0 Å². The maximum absolute atomic E-state index is 12.4. The average Bonchev–Trinajstić information content (AvgIpc) is 3.40. The van der Waals surface area contributed by atoms with Crippen LogP contribution in [0.5, 0.6) is 0 Å². The maximum atomic E-state index is 12.4. The van der Waals surface area contributed by atoms with E-state index in [4.69, 9.17) is 4.98 Å². The summed E-state index contributed by atoms with van der Waals surface area (Å²) in [5.41, 5.74) is 1.76. The molecule has 2 aliphatic heterocycles. The summed E-state index contributed by atoms with van der Waals surface area (Å²) in [5.74, 6) is 1.52. The van der Waals surface area contributed by atoms with Gasteiger partial charge >= 0.3 is 0 Å². The van der Waals surface area contributed by atoms with E-state index < -0.39 is 0 Å². The number of carbonyl (C=O) groups is 1. The number of fused-ring (bicyclic) bond motifs is 1. The van der Waals surface area contributed by atoms with Gasteiger partial charge in [0.25, 0.3) is 5.56 Å². The molecule has 0 spiro atoms. The quantitative estimate of drug-likeness (QED) is 0.879. The summed E-state index contributed by atoms with van der Waals surface area (Å²) in [6.45, 7) is 3.18. The first-order valence-electron chi connectivity index (χ1n) is 8.71. The predicted molar refractivity (Wildman–Crippen MR) is 86.2 cm³/mol. The van der Waals surface area contributed by atoms with Gasteiger partial charge in [0.05, 0.1) is 11.3 Å². The molecule has 1 aromatic heterocycles. The zero-order valence-electron chi connectivity index (χ0n) is 13.7. The third-order valence-corrected chi connectivity index (χ3v) is 5.32. The topological polar surface area (TPSA) is 69.3 Å². The van der Waals surface area contributed by atoms with Crippen molar-refractivity contribution < 1.29 is 4.79 Å². The van der Waals surface area contributed by atoms with Crippen LogP contribution in [0.15, 0.2) is 4.79 Å². The number of nitrogens with zero attached hydrogens (tertiary/aromatic N) is 3. The minimum absolute atomic E-state index is 0.00203. The van der Waals surface area contributed by atoms with Crippen molar-refractivity contribution in [3.63, 3.8) is 0 Å². The molecular weight excluding hydrogens is 292 g/mol. The van der Waals surface area contributed by atoms with Gasteiger partial charge in [-0.25, -0.2) is 4.98 Å². The molecule has 6 heteroatoms. The normalized spacial score (nSPS) is 25.3. The van der Waals surface area contributed by atoms with E-state index in [-0.39, 0.29) is 17.4 Å². The molecular formula is C17H24N4O2. The molecule has 1 aromatic rings. The smallest absolute Gasteiger partial charge is 0.255 e. The van der Waals surface area contributed by atoms with Gasteiger partial charge in [0.2, 0.25) is 5.91 Å². The van der Waals surface area contributed by atoms with E-state index in [0.29, 0.717) is 19.0 Å². The highest BCUT2D eigenvalue weighted by molar-refractivity contribution is 5.81. The van der Waals surface area contributed by atoms with Gasteiger partial charge in [0.1, 0.15) is 5.82 Å². The summed E-state index contributed by atoms with van der Waals surface area (Å²) in [4.78, 5) is 36.6. The molecule has 3 aliphatic rings. The number of likely N-dealkylation sites (N-methyl/N-ethyl adjacent to an activating group) is 1. The number of H-pyrrole nitrogens is 1. The summed E-state index contributed by atoms with van der Waals surface area (Å²) in [6.07, 6.45) is 4.91. The Hall–Kier alpha value is -1.69. The van der Waals surface area contributed by atoms with E-state index in [1.165, 1.54) is 0 Å². The fourth-order valence-corrected chi connectivity index (χ4v) is 3.76. The molecule has 0 aromatic carbocycles. The van der Waals surface area contributed by atoms with Gasteiger partial charge in [-0.05, 0) is 32.7 Å². The Balaban J connectivity index is 1.56. The number of nitrogens with one attached hydrogen (secondary N) is 1. The molecule has 23 heavy (non-hydrogen) atoms. The van der Waals surface area contributed by atoms with Gasteiger partial charge in [0.15, 0.2) is 0 Å². The van der Waals surface area contributed by atoms with Crippen molar-refractivity contribution in [3.05, 3.63) is 27.4 Å². The Morgan fingerprint density at radius 2 is 2.09 bits per heavy atom. The number of hydrogen-bond donors (Lipinski definition) is 1. The molecule has 0 unspecified atom stereocenters. The van der Waals surface area contributed by atoms with E-state index in [9.17, 15) is 9.59 Å².